The summed E-state index contributed by atoms with van der Waals surface area (Å²) in [5.74, 6) is 0.561. The maximum atomic E-state index is 12.4. The number of hydrogen-bond donors (Lipinski definition) is 1. The Morgan fingerprint density at radius 3 is 2.62 bits per heavy atom. The molecule has 0 bridgehead atoms. The van der Waals surface area contributed by atoms with E-state index >= 15 is 0 Å². The van der Waals surface area contributed by atoms with Crippen LogP contribution >= 0.6 is 0 Å². The molecule has 3 heterocycles. The van der Waals surface area contributed by atoms with E-state index in [1.54, 1.807) is 0 Å². The van der Waals surface area contributed by atoms with Crippen molar-refractivity contribution in [1.82, 2.24) is 20.1 Å². The van der Waals surface area contributed by atoms with Gasteiger partial charge >= 0.3 is 6.03 Å². The maximum absolute atomic E-state index is 12.4. The number of likely N-dealkylation sites (tertiary alicyclic amines) is 2. The van der Waals surface area contributed by atoms with Crippen molar-refractivity contribution in [1.29, 1.82) is 0 Å². The van der Waals surface area contributed by atoms with E-state index in [0.717, 1.165) is 39.0 Å². The van der Waals surface area contributed by atoms with Gasteiger partial charge in [-0.25, -0.2) is 4.79 Å². The van der Waals surface area contributed by atoms with Gasteiger partial charge in [0.15, 0.2) is 0 Å². The largest absolute Gasteiger partial charge is 0.337 e. The fourth-order valence-electron chi connectivity index (χ4n) is 3.96. The molecule has 2 amide bonds. The van der Waals surface area contributed by atoms with Gasteiger partial charge in [0.1, 0.15) is 0 Å². The van der Waals surface area contributed by atoms with Crippen molar-refractivity contribution < 1.29 is 4.79 Å². The minimum atomic E-state index is 0.104. The molecule has 5 nitrogen and oxygen atoms in total. The Bertz CT molecular complexity index is 513. The highest BCUT2D eigenvalue weighted by molar-refractivity contribution is 5.74. The number of aromatic nitrogens is 1. The molecule has 2 aliphatic heterocycles. The zero-order chi connectivity index (χ0) is 16.8. The number of nitrogens with zero attached hydrogens (tertiary/aromatic N) is 3. The molecule has 132 valence electrons. The molecular formula is C19H30N4O. The van der Waals surface area contributed by atoms with Gasteiger partial charge in [-0.2, -0.15) is 0 Å². The van der Waals surface area contributed by atoms with Crippen molar-refractivity contribution >= 4 is 6.03 Å². The molecule has 0 unspecified atom stereocenters. The van der Waals surface area contributed by atoms with E-state index in [2.05, 4.69) is 34.3 Å². The van der Waals surface area contributed by atoms with Crippen molar-refractivity contribution in [3.8, 4) is 0 Å². The fourth-order valence-corrected chi connectivity index (χ4v) is 3.96. The summed E-state index contributed by atoms with van der Waals surface area (Å²) in [6, 6.07) is 4.96. The number of carbonyl (C=O) groups excluding carboxylic acids is 1. The van der Waals surface area contributed by atoms with E-state index in [9.17, 15) is 4.79 Å². The van der Waals surface area contributed by atoms with Crippen molar-refractivity contribution in [3.63, 3.8) is 0 Å². The Morgan fingerprint density at radius 2 is 1.92 bits per heavy atom. The van der Waals surface area contributed by atoms with E-state index in [0.29, 0.717) is 12.0 Å². The number of urea groups is 1. The monoisotopic (exact) mass is 330 g/mol. The quantitative estimate of drug-likeness (QED) is 0.923. The molecule has 2 saturated heterocycles. The minimum absolute atomic E-state index is 0.104. The number of hydrogen-bond acceptors (Lipinski definition) is 3. The molecule has 1 aromatic heterocycles. The lowest BCUT2D eigenvalue weighted by atomic mass is 9.90. The summed E-state index contributed by atoms with van der Waals surface area (Å²) in [5, 5.41) is 3.11. The van der Waals surface area contributed by atoms with Crippen LogP contribution in [0.3, 0.4) is 0 Å². The summed E-state index contributed by atoms with van der Waals surface area (Å²) in [6.07, 6.45) is 9.72. The van der Waals surface area contributed by atoms with E-state index in [1.807, 2.05) is 17.3 Å². The number of carbonyl (C=O) groups is 1. The molecule has 2 fully saturated rings. The highest BCUT2D eigenvalue weighted by Crippen LogP contribution is 2.27. The Kier molecular flexibility index (Phi) is 6.07. The van der Waals surface area contributed by atoms with Crippen LogP contribution in [0.5, 0.6) is 0 Å². The molecule has 1 aromatic rings. The first-order valence-corrected chi connectivity index (χ1v) is 9.41. The summed E-state index contributed by atoms with van der Waals surface area (Å²) < 4.78 is 0. The molecule has 2 aliphatic rings. The molecule has 0 saturated carbocycles. The van der Waals surface area contributed by atoms with Gasteiger partial charge in [0.2, 0.25) is 0 Å². The third-order valence-corrected chi connectivity index (χ3v) is 5.58. The molecule has 0 aliphatic carbocycles. The van der Waals surface area contributed by atoms with Crippen LogP contribution in [0, 0.1) is 0 Å². The SMILES string of the molecule is C[C@H]1CCCCN1CCNC(=O)N1CCC(c2ccncc2)CC1. The number of amides is 2. The maximum Gasteiger partial charge on any atom is 0.317 e. The molecule has 1 N–H and O–H groups in total. The van der Waals surface area contributed by atoms with Gasteiger partial charge < -0.3 is 10.2 Å². The zero-order valence-electron chi connectivity index (χ0n) is 14.8. The summed E-state index contributed by atoms with van der Waals surface area (Å²) >= 11 is 0. The van der Waals surface area contributed by atoms with Gasteiger partial charge in [-0.3, -0.25) is 9.88 Å². The Hall–Kier alpha value is -1.62. The summed E-state index contributed by atoms with van der Waals surface area (Å²) in [4.78, 5) is 20.9. The Morgan fingerprint density at radius 1 is 1.17 bits per heavy atom. The average molecular weight is 330 g/mol. The van der Waals surface area contributed by atoms with Gasteiger partial charge in [-0.05, 0) is 62.8 Å². The first kappa shape index (κ1) is 17.2. The van der Waals surface area contributed by atoms with Crippen LogP contribution in [0.4, 0.5) is 4.79 Å². The standard InChI is InChI=1S/C19H30N4O/c1-16-4-2-3-12-22(16)15-11-21-19(24)23-13-7-18(8-14-23)17-5-9-20-10-6-17/h5-6,9-10,16,18H,2-4,7-8,11-15H2,1H3,(H,21,24)/t16-/m0/s1. The molecule has 1 atom stereocenters. The third kappa shape index (κ3) is 4.47. The van der Waals surface area contributed by atoms with Crippen LogP contribution in [0.1, 0.15) is 50.5 Å². The van der Waals surface area contributed by atoms with Crippen molar-refractivity contribution in [2.75, 3.05) is 32.7 Å². The van der Waals surface area contributed by atoms with Crippen molar-refractivity contribution in [3.05, 3.63) is 30.1 Å². The predicted molar refractivity (Wildman–Crippen MR) is 96.1 cm³/mol. The average Bonchev–Trinajstić information content (AvgIpc) is 2.64. The van der Waals surface area contributed by atoms with Gasteiger partial charge in [-0.15, -0.1) is 0 Å². The molecule has 0 spiro atoms. The Balaban J connectivity index is 1.37. The second-order valence-electron chi connectivity index (χ2n) is 7.15. The lowest BCUT2D eigenvalue weighted by Crippen LogP contribution is -2.47. The smallest absolute Gasteiger partial charge is 0.317 e. The van der Waals surface area contributed by atoms with Crippen molar-refractivity contribution in [2.24, 2.45) is 0 Å². The molecular weight excluding hydrogens is 300 g/mol. The van der Waals surface area contributed by atoms with Crippen molar-refractivity contribution in [2.45, 2.75) is 51.0 Å². The van der Waals surface area contributed by atoms with E-state index in [-0.39, 0.29) is 6.03 Å². The molecule has 3 rings (SSSR count). The lowest BCUT2D eigenvalue weighted by Gasteiger charge is -2.34. The first-order chi connectivity index (χ1) is 11.7. The molecule has 0 radical (unpaired) electrons. The number of rotatable bonds is 4. The van der Waals surface area contributed by atoms with E-state index in [1.165, 1.54) is 31.4 Å². The number of pyridine rings is 1. The summed E-state index contributed by atoms with van der Waals surface area (Å²) in [5.41, 5.74) is 1.35. The van der Waals surface area contributed by atoms with Gasteiger partial charge in [0.25, 0.3) is 0 Å². The molecule has 24 heavy (non-hydrogen) atoms. The van der Waals surface area contributed by atoms with Crippen LogP contribution in [-0.2, 0) is 0 Å². The number of piperidine rings is 2. The zero-order valence-corrected chi connectivity index (χ0v) is 14.8. The van der Waals surface area contributed by atoms with Crippen LogP contribution in [0.2, 0.25) is 0 Å². The third-order valence-electron chi connectivity index (χ3n) is 5.58. The number of nitrogens with one attached hydrogen (secondary N) is 1. The first-order valence-electron chi connectivity index (χ1n) is 9.41. The van der Waals surface area contributed by atoms with Gasteiger partial charge in [0.05, 0.1) is 0 Å². The van der Waals surface area contributed by atoms with Crippen LogP contribution in [0.15, 0.2) is 24.5 Å². The lowest BCUT2D eigenvalue weighted by molar-refractivity contribution is 0.155. The van der Waals surface area contributed by atoms with E-state index in [4.69, 9.17) is 0 Å². The van der Waals surface area contributed by atoms with Crippen LogP contribution in [-0.4, -0.2) is 59.6 Å². The topological polar surface area (TPSA) is 48.5 Å². The summed E-state index contributed by atoms with van der Waals surface area (Å²) in [6.45, 7) is 6.89. The van der Waals surface area contributed by atoms with Crippen LogP contribution in [0.25, 0.3) is 0 Å². The normalized spacial score (nSPS) is 23.2. The predicted octanol–water partition coefficient (Wildman–Crippen LogP) is 2.85. The molecule has 0 aromatic carbocycles. The fraction of sp³-hybridized carbons (Fsp3) is 0.684. The minimum Gasteiger partial charge on any atom is -0.337 e. The van der Waals surface area contributed by atoms with E-state index < -0.39 is 0 Å². The Labute approximate surface area is 145 Å². The van der Waals surface area contributed by atoms with Gasteiger partial charge in [-0.1, -0.05) is 6.42 Å². The highest BCUT2D eigenvalue weighted by Gasteiger charge is 2.24. The van der Waals surface area contributed by atoms with Crippen LogP contribution < -0.4 is 5.32 Å². The van der Waals surface area contributed by atoms with Gasteiger partial charge in [0, 0.05) is 44.6 Å². The second kappa shape index (κ2) is 8.47. The molecule has 5 heteroatoms. The second-order valence-corrected chi connectivity index (χ2v) is 7.15. The highest BCUT2D eigenvalue weighted by atomic mass is 16.2. The summed E-state index contributed by atoms with van der Waals surface area (Å²) in [7, 11) is 0.